The van der Waals surface area contributed by atoms with Crippen molar-refractivity contribution in [1.29, 1.82) is 0 Å². The van der Waals surface area contributed by atoms with Crippen LogP contribution in [0.25, 0.3) is 0 Å². The fourth-order valence-corrected chi connectivity index (χ4v) is 3.64. The highest BCUT2D eigenvalue weighted by Crippen LogP contribution is 2.29. The van der Waals surface area contributed by atoms with Crippen LogP contribution in [0.2, 0.25) is 0 Å². The first-order chi connectivity index (χ1) is 16.8. The normalized spacial score (nSPS) is 17.7. The predicted molar refractivity (Wildman–Crippen MR) is 128 cm³/mol. The van der Waals surface area contributed by atoms with Crippen molar-refractivity contribution >= 4 is 11.7 Å². The molecule has 0 saturated carbocycles. The van der Waals surface area contributed by atoms with Crippen LogP contribution in [0.1, 0.15) is 23.7 Å². The molecule has 0 bridgehead atoms. The van der Waals surface area contributed by atoms with Gasteiger partial charge in [0.2, 0.25) is 0 Å². The molecule has 4 rings (SSSR count). The van der Waals surface area contributed by atoms with Gasteiger partial charge in [-0.3, -0.25) is 4.90 Å². The Labute approximate surface area is 201 Å². The molecule has 0 unspecified atom stereocenters. The van der Waals surface area contributed by atoms with E-state index in [1.54, 1.807) is 12.3 Å². The number of hydrogen-bond acceptors (Lipinski definition) is 4. The number of aliphatic imine (C=N–C) groups is 2. The van der Waals surface area contributed by atoms with Gasteiger partial charge < -0.3 is 20.2 Å². The summed E-state index contributed by atoms with van der Waals surface area (Å²) in [6.07, 6.45) is 5.34. The van der Waals surface area contributed by atoms with Gasteiger partial charge in [0.15, 0.2) is 11.7 Å². The Morgan fingerprint density at radius 3 is 2.60 bits per heavy atom. The molecule has 0 atom stereocenters. The Morgan fingerprint density at radius 2 is 1.91 bits per heavy atom. The number of nitrogens with zero attached hydrogens (tertiary/aromatic N) is 3. The molecule has 1 aliphatic heterocycles. The van der Waals surface area contributed by atoms with Gasteiger partial charge in [-0.2, -0.15) is 8.78 Å². The number of nitrogens with one attached hydrogen (secondary N) is 1. The van der Waals surface area contributed by atoms with Crippen molar-refractivity contribution in [2.24, 2.45) is 15.7 Å². The summed E-state index contributed by atoms with van der Waals surface area (Å²) in [5, 5.41) is 0. The van der Waals surface area contributed by atoms with E-state index in [4.69, 9.17) is 15.2 Å². The molecule has 0 spiro atoms. The molecular weight excluding hydrogens is 459 g/mol. The average Bonchev–Trinajstić information content (AvgIpc) is 3.30. The molecule has 1 aromatic carbocycles. The van der Waals surface area contributed by atoms with E-state index in [0.29, 0.717) is 24.6 Å². The Bertz CT molecular complexity index is 1150. The van der Waals surface area contributed by atoms with Crippen LogP contribution in [0.15, 0.2) is 69.9 Å². The van der Waals surface area contributed by atoms with E-state index >= 15 is 0 Å². The van der Waals surface area contributed by atoms with E-state index in [9.17, 15) is 13.2 Å². The van der Waals surface area contributed by atoms with E-state index in [1.807, 2.05) is 19.1 Å². The summed E-state index contributed by atoms with van der Waals surface area (Å²) in [7, 11) is 0. The molecule has 1 saturated heterocycles. The SMILES string of the molecule is CC1=CC(N=C(N=C(N)C(F)(F)c2ccc(F)cc2)c2cc(COCCN3CCOCC3)c[nH]2)=C1. The minimum Gasteiger partial charge on any atom is -0.382 e. The van der Waals surface area contributed by atoms with Crippen LogP contribution in [0.4, 0.5) is 13.2 Å². The van der Waals surface area contributed by atoms with Crippen LogP contribution in [0.5, 0.6) is 0 Å². The minimum absolute atomic E-state index is 0.0128. The van der Waals surface area contributed by atoms with Gasteiger partial charge >= 0.3 is 5.92 Å². The van der Waals surface area contributed by atoms with Crippen molar-refractivity contribution in [3.05, 3.63) is 82.6 Å². The van der Waals surface area contributed by atoms with E-state index in [2.05, 4.69) is 19.9 Å². The molecule has 3 N–H and O–H groups in total. The smallest absolute Gasteiger partial charge is 0.329 e. The lowest BCUT2D eigenvalue weighted by Gasteiger charge is -2.26. The number of alkyl halides is 2. The average molecular weight is 488 g/mol. The zero-order chi connectivity index (χ0) is 24.8. The number of morpholine rings is 1. The highest BCUT2D eigenvalue weighted by Gasteiger charge is 2.37. The highest BCUT2D eigenvalue weighted by molar-refractivity contribution is 6.07. The molecule has 7 nitrogen and oxygen atoms in total. The summed E-state index contributed by atoms with van der Waals surface area (Å²) in [5.41, 5.74) is 8.13. The Hall–Kier alpha value is -3.21. The fourth-order valence-electron chi connectivity index (χ4n) is 3.64. The molecule has 0 radical (unpaired) electrons. The number of halogens is 3. The van der Waals surface area contributed by atoms with Crippen LogP contribution in [-0.4, -0.2) is 61.0 Å². The molecule has 2 aromatic rings. The lowest BCUT2D eigenvalue weighted by atomic mass is 10.1. The van der Waals surface area contributed by atoms with Crippen molar-refractivity contribution < 1.29 is 22.6 Å². The minimum atomic E-state index is -3.60. The number of H-pyrrole nitrogens is 1. The molecular formula is C25H28F3N5O2. The monoisotopic (exact) mass is 487 g/mol. The number of rotatable bonds is 9. The van der Waals surface area contributed by atoms with Crippen LogP contribution in [-0.2, 0) is 22.0 Å². The zero-order valence-electron chi connectivity index (χ0n) is 19.4. The van der Waals surface area contributed by atoms with Gasteiger partial charge in [-0.1, -0.05) is 0 Å². The number of nitrogens with two attached hydrogens (primary N) is 1. The Balaban J connectivity index is 1.47. The number of benzene rings is 1. The standard InChI is InChI=1S/C25H28F3N5O2/c1-17-12-21(13-17)31-23(32-24(29)25(27,28)19-2-4-20(26)5-3-19)22-14-18(15-30-22)16-35-11-8-33-6-9-34-10-7-33/h2-5,12-15,30H,6-11,16H2,1H3,(H2,29,31,32). The van der Waals surface area contributed by atoms with Crippen LogP contribution in [0, 0.1) is 5.82 Å². The Morgan fingerprint density at radius 1 is 1.20 bits per heavy atom. The Kier molecular flexibility index (Phi) is 7.84. The third-order valence-electron chi connectivity index (χ3n) is 5.65. The molecule has 186 valence electrons. The zero-order valence-corrected chi connectivity index (χ0v) is 19.4. The molecule has 0 amide bonds. The summed E-state index contributed by atoms with van der Waals surface area (Å²) < 4.78 is 54.1. The summed E-state index contributed by atoms with van der Waals surface area (Å²) in [6.45, 7) is 6.88. The van der Waals surface area contributed by atoms with Crippen LogP contribution in [0.3, 0.4) is 0 Å². The third-order valence-corrected chi connectivity index (χ3v) is 5.65. The van der Waals surface area contributed by atoms with E-state index in [0.717, 1.165) is 68.3 Å². The first-order valence-corrected chi connectivity index (χ1v) is 11.3. The topological polar surface area (TPSA) is 88.2 Å². The maximum absolute atomic E-state index is 14.9. The van der Waals surface area contributed by atoms with Gasteiger partial charge in [0.25, 0.3) is 0 Å². The largest absolute Gasteiger partial charge is 0.382 e. The molecule has 2 heterocycles. The molecule has 1 aromatic heterocycles. The number of amidine groups is 2. The summed E-state index contributed by atoms with van der Waals surface area (Å²) in [4.78, 5) is 13.7. The summed E-state index contributed by atoms with van der Waals surface area (Å²) in [6, 6.07) is 5.62. The quantitative estimate of drug-likeness (QED) is 0.321. The van der Waals surface area contributed by atoms with Crippen molar-refractivity contribution in [2.75, 3.05) is 39.5 Å². The number of ether oxygens (including phenoxy) is 2. The third kappa shape index (κ3) is 6.47. The molecule has 1 aliphatic carbocycles. The van der Waals surface area contributed by atoms with Gasteiger partial charge in [0, 0.05) is 31.4 Å². The van der Waals surface area contributed by atoms with Crippen LogP contribution >= 0.6 is 0 Å². The number of aromatic amines is 1. The van der Waals surface area contributed by atoms with Gasteiger partial charge in [-0.25, -0.2) is 14.4 Å². The summed E-state index contributed by atoms with van der Waals surface area (Å²) >= 11 is 0. The van der Waals surface area contributed by atoms with Gasteiger partial charge in [-0.15, -0.1) is 0 Å². The lowest BCUT2D eigenvalue weighted by Crippen LogP contribution is -2.38. The fraction of sp³-hybridized carbons (Fsp3) is 0.360. The van der Waals surface area contributed by atoms with Crippen molar-refractivity contribution in [3.63, 3.8) is 0 Å². The van der Waals surface area contributed by atoms with Crippen molar-refractivity contribution in [2.45, 2.75) is 19.5 Å². The van der Waals surface area contributed by atoms with Crippen molar-refractivity contribution in [3.8, 4) is 0 Å². The maximum Gasteiger partial charge on any atom is 0.329 e. The van der Waals surface area contributed by atoms with Gasteiger partial charge in [0.05, 0.1) is 37.8 Å². The number of aromatic nitrogens is 1. The summed E-state index contributed by atoms with van der Waals surface area (Å²) in [5.74, 6) is -5.15. The molecule has 10 heteroatoms. The molecule has 1 fully saturated rings. The first-order valence-electron chi connectivity index (χ1n) is 11.3. The van der Waals surface area contributed by atoms with Gasteiger partial charge in [0.1, 0.15) is 5.82 Å². The second kappa shape index (κ2) is 11.0. The molecule has 2 aliphatic rings. The van der Waals surface area contributed by atoms with E-state index in [1.165, 1.54) is 0 Å². The second-order valence-electron chi connectivity index (χ2n) is 8.40. The van der Waals surface area contributed by atoms with Crippen molar-refractivity contribution in [1.82, 2.24) is 9.88 Å². The maximum atomic E-state index is 14.9. The van der Waals surface area contributed by atoms with E-state index in [-0.39, 0.29) is 5.84 Å². The predicted octanol–water partition coefficient (Wildman–Crippen LogP) is 3.74. The number of hydrogen-bond donors (Lipinski definition) is 2. The first kappa shape index (κ1) is 24.9. The highest BCUT2D eigenvalue weighted by atomic mass is 19.3. The van der Waals surface area contributed by atoms with E-state index < -0.39 is 23.1 Å². The van der Waals surface area contributed by atoms with Gasteiger partial charge in [-0.05, 0) is 60.5 Å². The second-order valence-corrected chi connectivity index (χ2v) is 8.40. The molecule has 35 heavy (non-hydrogen) atoms. The number of allylic oxidation sites excluding steroid dienone is 3. The lowest BCUT2D eigenvalue weighted by molar-refractivity contribution is 0.0180. The van der Waals surface area contributed by atoms with Crippen LogP contribution < -0.4 is 5.73 Å².